The second kappa shape index (κ2) is 7.92. The lowest BCUT2D eigenvalue weighted by Gasteiger charge is -2.24. The predicted octanol–water partition coefficient (Wildman–Crippen LogP) is 2.69. The van der Waals surface area contributed by atoms with Crippen molar-refractivity contribution >= 4 is 39.1 Å². The quantitative estimate of drug-likeness (QED) is 0.819. The van der Waals surface area contributed by atoms with Gasteiger partial charge in [0, 0.05) is 17.7 Å². The van der Waals surface area contributed by atoms with Crippen molar-refractivity contribution in [3.05, 3.63) is 59.4 Å². The van der Waals surface area contributed by atoms with Gasteiger partial charge in [-0.25, -0.2) is 12.8 Å². The number of thioether (sulfide) groups is 1. The van der Waals surface area contributed by atoms with Crippen LogP contribution in [0.1, 0.15) is 15.9 Å². The van der Waals surface area contributed by atoms with Crippen LogP contribution in [0.15, 0.2) is 47.4 Å². The highest BCUT2D eigenvalue weighted by Crippen LogP contribution is 2.27. The molecule has 2 aromatic rings. The lowest BCUT2D eigenvalue weighted by Crippen LogP contribution is -2.44. The molecule has 148 valence electrons. The number of halogens is 1. The molecule has 1 saturated heterocycles. The molecule has 28 heavy (non-hydrogen) atoms. The fourth-order valence-corrected chi connectivity index (χ4v) is 4.92. The molecule has 2 amide bonds. The van der Waals surface area contributed by atoms with E-state index in [4.69, 9.17) is 0 Å². The number of hydrogen-bond donors (Lipinski definition) is 1. The fraction of sp³-hybridized carbons (Fsp3) is 0.263. The molecular weight excluding hydrogens is 403 g/mol. The third-order valence-electron chi connectivity index (χ3n) is 4.32. The van der Waals surface area contributed by atoms with E-state index < -0.39 is 33.5 Å². The first-order valence-electron chi connectivity index (χ1n) is 8.42. The summed E-state index contributed by atoms with van der Waals surface area (Å²) in [4.78, 5) is 27.1. The largest absolute Gasteiger partial charge is 0.324 e. The molecule has 0 saturated carbocycles. The smallest absolute Gasteiger partial charge is 0.256 e. The van der Waals surface area contributed by atoms with E-state index in [1.54, 1.807) is 13.0 Å². The van der Waals surface area contributed by atoms with Crippen LogP contribution in [0.4, 0.5) is 10.1 Å². The van der Waals surface area contributed by atoms with Crippen LogP contribution in [0.5, 0.6) is 0 Å². The van der Waals surface area contributed by atoms with Crippen molar-refractivity contribution in [2.75, 3.05) is 23.2 Å². The molecule has 1 unspecified atom stereocenters. The van der Waals surface area contributed by atoms with Crippen molar-refractivity contribution < 1.29 is 22.4 Å². The number of nitrogens with one attached hydrogen (secondary N) is 1. The molecule has 0 aromatic heterocycles. The molecule has 1 aliphatic heterocycles. The summed E-state index contributed by atoms with van der Waals surface area (Å²) in [6, 6.07) is 9.14. The molecular formula is C19H19FN2O4S2. The maximum Gasteiger partial charge on any atom is 0.256 e. The number of amides is 2. The molecule has 9 heteroatoms. The van der Waals surface area contributed by atoms with Gasteiger partial charge in [0.05, 0.1) is 16.3 Å². The highest BCUT2D eigenvalue weighted by Gasteiger charge is 2.36. The van der Waals surface area contributed by atoms with Gasteiger partial charge in [-0.1, -0.05) is 11.6 Å². The van der Waals surface area contributed by atoms with Crippen LogP contribution < -0.4 is 5.32 Å². The summed E-state index contributed by atoms with van der Waals surface area (Å²) in [6.45, 7) is 1.76. The summed E-state index contributed by atoms with van der Waals surface area (Å²) >= 11 is 1.41. The highest BCUT2D eigenvalue weighted by molar-refractivity contribution is 7.99. The van der Waals surface area contributed by atoms with Crippen molar-refractivity contribution in [3.8, 4) is 0 Å². The SMILES string of the molecule is Cc1ccc(S(C)(=O)=O)c(C(=O)N2CSCC2C(=O)Nc2ccc(F)cc2)c1. The van der Waals surface area contributed by atoms with Crippen LogP contribution in [-0.2, 0) is 14.6 Å². The Balaban J connectivity index is 1.87. The average molecular weight is 423 g/mol. The summed E-state index contributed by atoms with van der Waals surface area (Å²) in [7, 11) is -3.61. The second-order valence-corrected chi connectivity index (χ2v) is 9.54. The van der Waals surface area contributed by atoms with Crippen LogP contribution >= 0.6 is 11.8 Å². The Bertz CT molecular complexity index is 1020. The standard InChI is InChI=1S/C19H19FN2O4S2/c1-12-3-8-17(28(2,25)26)15(9-12)19(24)22-11-27-10-16(22)18(23)21-14-6-4-13(20)5-7-14/h3-9,16H,10-11H2,1-2H3,(H,21,23). The summed E-state index contributed by atoms with van der Waals surface area (Å²) in [5.74, 6) is -0.665. The van der Waals surface area contributed by atoms with Gasteiger partial charge in [0.1, 0.15) is 11.9 Å². The topological polar surface area (TPSA) is 83.6 Å². The second-order valence-electron chi connectivity index (χ2n) is 6.56. The minimum Gasteiger partial charge on any atom is -0.324 e. The van der Waals surface area contributed by atoms with E-state index >= 15 is 0 Å². The minimum absolute atomic E-state index is 0.0577. The zero-order chi connectivity index (χ0) is 20.5. The Labute approximate surface area is 167 Å². The molecule has 1 heterocycles. The number of carbonyl (C=O) groups excluding carboxylic acids is 2. The van der Waals surface area contributed by atoms with Gasteiger partial charge in [-0.3, -0.25) is 9.59 Å². The zero-order valence-electron chi connectivity index (χ0n) is 15.3. The number of rotatable bonds is 4. The lowest BCUT2D eigenvalue weighted by molar-refractivity contribution is -0.119. The van der Waals surface area contributed by atoms with Crippen molar-refractivity contribution in [1.29, 1.82) is 0 Å². The number of hydrogen-bond acceptors (Lipinski definition) is 5. The fourth-order valence-electron chi connectivity index (χ4n) is 2.91. The Hall–Kier alpha value is -2.39. The van der Waals surface area contributed by atoms with E-state index in [0.29, 0.717) is 11.4 Å². The first kappa shape index (κ1) is 20.3. The Morgan fingerprint density at radius 1 is 1.18 bits per heavy atom. The Morgan fingerprint density at radius 2 is 1.86 bits per heavy atom. The maximum atomic E-state index is 13.1. The number of nitrogens with zero attached hydrogens (tertiary/aromatic N) is 1. The summed E-state index contributed by atoms with van der Waals surface area (Å²) in [6.07, 6.45) is 1.05. The Morgan fingerprint density at radius 3 is 2.50 bits per heavy atom. The molecule has 0 spiro atoms. The molecule has 1 aliphatic rings. The van der Waals surface area contributed by atoms with Gasteiger partial charge in [-0.05, 0) is 43.3 Å². The number of aryl methyl sites for hydroxylation is 1. The van der Waals surface area contributed by atoms with Gasteiger partial charge in [-0.2, -0.15) is 0 Å². The third-order valence-corrected chi connectivity index (χ3v) is 6.49. The van der Waals surface area contributed by atoms with Crippen LogP contribution in [0, 0.1) is 12.7 Å². The third kappa shape index (κ3) is 4.36. The van der Waals surface area contributed by atoms with E-state index in [1.807, 2.05) is 0 Å². The minimum atomic E-state index is -3.61. The van der Waals surface area contributed by atoms with E-state index in [2.05, 4.69) is 5.32 Å². The van der Waals surface area contributed by atoms with Gasteiger partial charge in [-0.15, -0.1) is 11.8 Å². The van der Waals surface area contributed by atoms with Crippen LogP contribution in [0.3, 0.4) is 0 Å². The molecule has 2 aromatic carbocycles. The molecule has 0 bridgehead atoms. The van der Waals surface area contributed by atoms with Gasteiger partial charge in [0.25, 0.3) is 5.91 Å². The molecule has 1 atom stereocenters. The van der Waals surface area contributed by atoms with Crippen molar-refractivity contribution in [3.63, 3.8) is 0 Å². The van der Waals surface area contributed by atoms with Crippen LogP contribution in [0.25, 0.3) is 0 Å². The monoisotopic (exact) mass is 422 g/mol. The summed E-state index contributed by atoms with van der Waals surface area (Å²) in [5, 5.41) is 2.67. The number of anilines is 1. The zero-order valence-corrected chi connectivity index (χ0v) is 16.9. The van der Waals surface area contributed by atoms with E-state index in [0.717, 1.165) is 11.8 Å². The summed E-state index contributed by atoms with van der Waals surface area (Å²) < 4.78 is 37.2. The van der Waals surface area contributed by atoms with Gasteiger partial charge < -0.3 is 10.2 Å². The maximum absolute atomic E-state index is 13.1. The van der Waals surface area contributed by atoms with E-state index in [9.17, 15) is 22.4 Å². The lowest BCUT2D eigenvalue weighted by atomic mass is 10.1. The van der Waals surface area contributed by atoms with E-state index in [1.165, 1.54) is 53.1 Å². The van der Waals surface area contributed by atoms with Crippen molar-refractivity contribution in [2.45, 2.75) is 17.9 Å². The average Bonchev–Trinajstić information content (AvgIpc) is 3.11. The van der Waals surface area contributed by atoms with Gasteiger partial charge >= 0.3 is 0 Å². The van der Waals surface area contributed by atoms with Crippen molar-refractivity contribution in [1.82, 2.24) is 4.90 Å². The Kier molecular flexibility index (Phi) is 5.76. The molecule has 0 radical (unpaired) electrons. The molecule has 1 N–H and O–H groups in total. The van der Waals surface area contributed by atoms with Crippen LogP contribution in [-0.4, -0.2) is 49.1 Å². The van der Waals surface area contributed by atoms with Crippen LogP contribution in [0.2, 0.25) is 0 Å². The first-order valence-corrected chi connectivity index (χ1v) is 11.5. The van der Waals surface area contributed by atoms with Crippen molar-refractivity contribution in [2.24, 2.45) is 0 Å². The van der Waals surface area contributed by atoms with Gasteiger partial charge in [0.15, 0.2) is 9.84 Å². The molecule has 0 aliphatic carbocycles. The number of carbonyl (C=O) groups is 2. The molecule has 3 rings (SSSR count). The molecule has 1 fully saturated rings. The molecule has 6 nitrogen and oxygen atoms in total. The van der Waals surface area contributed by atoms with E-state index in [-0.39, 0.29) is 16.3 Å². The summed E-state index contributed by atoms with van der Waals surface area (Å²) in [5.41, 5.74) is 1.22. The number of benzene rings is 2. The van der Waals surface area contributed by atoms with Gasteiger partial charge in [0.2, 0.25) is 5.91 Å². The first-order chi connectivity index (χ1) is 13.2. The highest BCUT2D eigenvalue weighted by atomic mass is 32.2. The number of sulfone groups is 1. The normalized spacial score (nSPS) is 16.8. The predicted molar refractivity (Wildman–Crippen MR) is 107 cm³/mol.